The highest BCUT2D eigenvalue weighted by atomic mass is 32.2. The molecule has 3 aromatic carbocycles. The molecule has 0 unspecified atom stereocenters. The van der Waals surface area contributed by atoms with Crippen molar-refractivity contribution in [1.82, 2.24) is 21.3 Å². The van der Waals surface area contributed by atoms with E-state index < -0.39 is 63.6 Å². The first-order valence-corrected chi connectivity index (χ1v) is 26.4. The molecule has 0 aliphatic carbocycles. The first kappa shape index (κ1) is 59.5. The summed E-state index contributed by atoms with van der Waals surface area (Å²) in [7, 11) is -2.48. The van der Waals surface area contributed by atoms with E-state index in [1.807, 2.05) is 100 Å². The van der Waals surface area contributed by atoms with Crippen molar-refractivity contribution in [2.75, 3.05) is 52.8 Å². The lowest BCUT2D eigenvalue weighted by atomic mass is 9.93. The Morgan fingerprint density at radius 2 is 1.27 bits per heavy atom. The van der Waals surface area contributed by atoms with Crippen molar-refractivity contribution in [1.29, 1.82) is 0 Å². The summed E-state index contributed by atoms with van der Waals surface area (Å²) >= 11 is 0. The summed E-state index contributed by atoms with van der Waals surface area (Å²) in [6, 6.07) is 20.3. The van der Waals surface area contributed by atoms with Gasteiger partial charge in [-0.3, -0.25) is 28.8 Å². The Morgan fingerprint density at radius 3 is 1.82 bits per heavy atom. The number of carbonyl (C=O) groups is 6. The van der Waals surface area contributed by atoms with Crippen LogP contribution in [-0.2, 0) is 72.6 Å². The van der Waals surface area contributed by atoms with Crippen LogP contribution in [-0.4, -0.2) is 141 Å². The van der Waals surface area contributed by atoms with Crippen LogP contribution in [0.1, 0.15) is 90.0 Å². The third kappa shape index (κ3) is 20.8. The predicted molar refractivity (Wildman–Crippen MR) is 273 cm³/mol. The third-order valence-electron chi connectivity index (χ3n) is 12.2. The molecule has 400 valence electrons. The number of rotatable bonds is 25. The van der Waals surface area contributed by atoms with Crippen molar-refractivity contribution in [2.45, 2.75) is 117 Å². The lowest BCUT2D eigenvalue weighted by Crippen LogP contribution is -2.61. The Kier molecular flexibility index (Phi) is 22.7. The molecule has 0 saturated carbocycles. The minimum absolute atomic E-state index is 0.0302. The molecule has 2 saturated heterocycles. The van der Waals surface area contributed by atoms with E-state index in [2.05, 4.69) is 26.4 Å². The number of quaternary nitrogens is 1. The van der Waals surface area contributed by atoms with Gasteiger partial charge in [0.2, 0.25) is 17.7 Å². The third-order valence-corrected chi connectivity index (χ3v) is 12.2. The second kappa shape index (κ2) is 27.8. The fourth-order valence-corrected chi connectivity index (χ4v) is 8.55. The minimum Gasteiger partial charge on any atom is -0.748 e. The van der Waals surface area contributed by atoms with E-state index in [9.17, 15) is 28.8 Å². The summed E-state index contributed by atoms with van der Waals surface area (Å²) in [6.45, 7) is 15.2. The summed E-state index contributed by atoms with van der Waals surface area (Å²) in [5.41, 5.74) is 2.74. The van der Waals surface area contributed by atoms with E-state index in [0.29, 0.717) is 73.5 Å². The van der Waals surface area contributed by atoms with Crippen LogP contribution in [0, 0.1) is 11.8 Å². The van der Waals surface area contributed by atoms with Gasteiger partial charge in [0.1, 0.15) is 56.2 Å². The number of benzene rings is 3. The number of morpholine rings is 1. The number of hydrogen-bond acceptors (Lipinski definition) is 14. The topological polar surface area (TPSA) is 260 Å². The van der Waals surface area contributed by atoms with Gasteiger partial charge in [-0.2, -0.15) is 0 Å². The molecule has 2 heterocycles. The van der Waals surface area contributed by atoms with Gasteiger partial charge in [0.25, 0.3) is 5.91 Å². The highest BCUT2D eigenvalue weighted by Crippen LogP contribution is 2.30. The Labute approximate surface area is 429 Å². The molecule has 2 aliphatic rings. The van der Waals surface area contributed by atoms with Crippen molar-refractivity contribution in [3.8, 4) is 5.75 Å². The maximum absolute atomic E-state index is 14.5. The molecule has 0 aromatic heterocycles. The molecule has 5 atom stereocenters. The summed E-state index contributed by atoms with van der Waals surface area (Å²) in [5.74, 6) is -2.30. The zero-order valence-corrected chi connectivity index (χ0v) is 44.4. The summed E-state index contributed by atoms with van der Waals surface area (Å²) in [6.07, 6.45) is 2.08. The number of ketones is 1. The smallest absolute Gasteiger partial charge is 0.308 e. The molecule has 2 aliphatic heterocycles. The molecular formula is C53H74N6O13S. The molecule has 0 spiro atoms. The van der Waals surface area contributed by atoms with Crippen LogP contribution < -0.4 is 26.0 Å². The van der Waals surface area contributed by atoms with Crippen LogP contribution in [0.4, 0.5) is 0 Å². The lowest BCUT2D eigenvalue weighted by molar-refractivity contribution is -0.940. The number of Topliss-reactive ketones (excluding diaryl/α,β-unsaturated/α-hetero) is 1. The Balaban J connectivity index is 0.00000220. The van der Waals surface area contributed by atoms with Gasteiger partial charge in [-0.1, -0.05) is 93.5 Å². The van der Waals surface area contributed by atoms with Gasteiger partial charge >= 0.3 is 5.97 Å². The number of nitrogens with one attached hydrogen (secondary N) is 4. The number of aryl methyl sites for hydroxylation is 1. The molecular weight excluding hydrogens is 961 g/mol. The van der Waals surface area contributed by atoms with Crippen molar-refractivity contribution in [2.24, 2.45) is 17.0 Å². The lowest BCUT2D eigenvalue weighted by Gasteiger charge is -2.41. The molecule has 73 heavy (non-hydrogen) atoms. The van der Waals surface area contributed by atoms with E-state index in [1.54, 1.807) is 19.9 Å². The predicted octanol–water partition coefficient (Wildman–Crippen LogP) is 3.76. The number of oxime groups is 1. The molecule has 19 nitrogen and oxygen atoms in total. The number of esters is 1. The molecule has 2 fully saturated rings. The van der Waals surface area contributed by atoms with Crippen LogP contribution >= 0.6 is 0 Å². The fraction of sp³-hybridized carbons (Fsp3) is 0.528. The van der Waals surface area contributed by atoms with E-state index in [0.717, 1.165) is 16.7 Å². The molecule has 3 aromatic rings. The van der Waals surface area contributed by atoms with Crippen molar-refractivity contribution >= 4 is 51.2 Å². The average molecular weight is 1040 g/mol. The van der Waals surface area contributed by atoms with E-state index in [-0.39, 0.29) is 55.9 Å². The van der Waals surface area contributed by atoms with E-state index in [4.69, 9.17) is 32.0 Å². The molecule has 5 rings (SSSR count). The zero-order valence-electron chi connectivity index (χ0n) is 43.6. The van der Waals surface area contributed by atoms with Gasteiger partial charge in [0.15, 0.2) is 12.3 Å². The van der Waals surface area contributed by atoms with Gasteiger partial charge in [-0.15, -0.1) is 0 Å². The maximum Gasteiger partial charge on any atom is 0.308 e. The maximum atomic E-state index is 14.5. The second-order valence-corrected chi connectivity index (χ2v) is 21.3. The van der Waals surface area contributed by atoms with Gasteiger partial charge in [0.05, 0.1) is 41.7 Å². The molecule has 20 heteroatoms. The molecule has 0 bridgehead atoms. The highest BCUT2D eigenvalue weighted by Gasteiger charge is 2.50. The van der Waals surface area contributed by atoms with Gasteiger partial charge < -0.3 is 49.4 Å². The second-order valence-electron chi connectivity index (χ2n) is 19.9. The van der Waals surface area contributed by atoms with Crippen molar-refractivity contribution in [3.63, 3.8) is 0 Å². The normalized spacial score (nSPS) is 17.9. The van der Waals surface area contributed by atoms with Crippen molar-refractivity contribution < 1.29 is 65.3 Å². The highest BCUT2D eigenvalue weighted by molar-refractivity contribution is 7.84. The average Bonchev–Trinajstić information content (AvgIpc) is 4.07. The first-order valence-electron chi connectivity index (χ1n) is 24.6. The summed E-state index contributed by atoms with van der Waals surface area (Å²) < 4.78 is 44.2. The Morgan fingerprint density at radius 1 is 0.753 bits per heavy atom. The number of ether oxygens (including phenoxy) is 3. The summed E-state index contributed by atoms with van der Waals surface area (Å²) in [5, 5.41) is 15.9. The first-order chi connectivity index (χ1) is 34.4. The SMILES string of the molecule is CO/N=C(\C)c1cc(C[N+]2(CC(=O)N[C@@H](CCc3ccccc3)C(=O)N[C@@H](CC(C)C)C(=O)N[C@@H](Cc3ccccc3)C(=O)N[C@@H](CC(C)C)C(=O)[C@@]3(C)CO3)CCOCC2)ccc1OC(C)=O.CS(=O)(=O)[O-]. The van der Waals surface area contributed by atoms with Gasteiger partial charge in [-0.25, -0.2) is 8.42 Å². The standard InChI is InChI=1S/C52H70N6O10.CH4O3S/c1-34(2)27-43(48(61)52(7)33-67-52)54-51(64)45(30-39-17-13-10-14-18-39)56-50(63)44(28-35(3)4)55-49(62)42(21-19-38-15-11-9-12-16-38)53-47(60)32-58(23-25-66-26-24-58)31-40-20-22-46(68-37(6)59)41(29-40)36(5)57-65-8;1-5(2,3)4/h9-18,20,22,29,34-35,42-45H,19,21,23-28,30-33H2,1-8H3,(H3-,53,54,55,56,60,62,63,64);1H3,(H,2,3,4)/b57-36+;/t42-,43-,44-,45-,52+;/m0./s1. The number of carbonyl (C=O) groups excluding carboxylic acids is 6. The number of epoxide rings is 1. The van der Waals surface area contributed by atoms with Crippen LogP contribution in [0.5, 0.6) is 5.75 Å². The fourth-order valence-electron chi connectivity index (χ4n) is 8.55. The molecule has 4 N–H and O–H groups in total. The van der Waals surface area contributed by atoms with Crippen LogP contribution in [0.2, 0.25) is 0 Å². The monoisotopic (exact) mass is 1030 g/mol. The Bertz CT molecular complexity index is 2470. The number of amides is 4. The largest absolute Gasteiger partial charge is 0.748 e. The van der Waals surface area contributed by atoms with E-state index in [1.165, 1.54) is 14.0 Å². The number of nitrogens with zero attached hydrogens (tertiary/aromatic N) is 2. The van der Waals surface area contributed by atoms with Crippen LogP contribution in [0.25, 0.3) is 0 Å². The van der Waals surface area contributed by atoms with Gasteiger partial charge in [0, 0.05) is 30.7 Å². The van der Waals surface area contributed by atoms with Crippen molar-refractivity contribution in [3.05, 3.63) is 101 Å². The minimum atomic E-state index is -3.92. The number of hydrogen-bond donors (Lipinski definition) is 4. The summed E-state index contributed by atoms with van der Waals surface area (Å²) in [4.78, 5) is 87.9. The Hall–Kier alpha value is -6.06. The quantitative estimate of drug-likeness (QED) is 0.0180. The van der Waals surface area contributed by atoms with Crippen LogP contribution in [0.15, 0.2) is 84.0 Å². The van der Waals surface area contributed by atoms with Gasteiger partial charge in [-0.05, 0) is 80.7 Å². The van der Waals surface area contributed by atoms with Crippen LogP contribution in [0.3, 0.4) is 0 Å². The van der Waals surface area contributed by atoms with E-state index >= 15 is 0 Å². The zero-order chi connectivity index (χ0) is 53.9. The molecule has 0 radical (unpaired) electrons. The molecule has 4 amide bonds.